The van der Waals surface area contributed by atoms with Gasteiger partial charge in [0.15, 0.2) is 5.69 Å². The molecule has 0 unspecified atom stereocenters. The van der Waals surface area contributed by atoms with Crippen molar-refractivity contribution in [2.45, 2.75) is 39.7 Å². The standard InChI is InChI=1S/C16H21N3O3/c1-3-5-8-11-19-13-10-7-6-9-12(13)14(15(19)20)17-18-16(21)22-4-2/h6-7,9-10,20H,3-5,8,11H2,1-2H3. The minimum atomic E-state index is -0.760. The number of aromatic nitrogens is 1. The van der Waals surface area contributed by atoms with Gasteiger partial charge in [0.1, 0.15) is 0 Å². The van der Waals surface area contributed by atoms with Crippen LogP contribution < -0.4 is 0 Å². The number of fused-ring (bicyclic) bond motifs is 1. The number of unbranched alkanes of at least 4 members (excludes halogenated alkanes) is 2. The highest BCUT2D eigenvalue weighted by Gasteiger charge is 2.16. The third-order valence-corrected chi connectivity index (χ3v) is 3.40. The average Bonchev–Trinajstić information content (AvgIpc) is 2.78. The van der Waals surface area contributed by atoms with E-state index in [0.29, 0.717) is 12.2 Å². The van der Waals surface area contributed by atoms with Gasteiger partial charge in [-0.1, -0.05) is 43.1 Å². The van der Waals surface area contributed by atoms with E-state index in [4.69, 9.17) is 4.74 Å². The molecule has 2 aromatic rings. The smallest absolute Gasteiger partial charge is 0.452 e. The molecule has 0 saturated heterocycles. The van der Waals surface area contributed by atoms with E-state index in [0.717, 1.165) is 30.2 Å². The van der Waals surface area contributed by atoms with Crippen molar-refractivity contribution in [3.05, 3.63) is 24.3 Å². The molecule has 118 valence electrons. The van der Waals surface area contributed by atoms with Gasteiger partial charge < -0.3 is 14.4 Å². The highest BCUT2D eigenvalue weighted by molar-refractivity contribution is 5.95. The summed E-state index contributed by atoms with van der Waals surface area (Å²) in [6.45, 7) is 4.77. The lowest BCUT2D eigenvalue weighted by Crippen LogP contribution is -1.97. The van der Waals surface area contributed by atoms with Gasteiger partial charge in [-0.15, -0.1) is 5.11 Å². The molecule has 0 saturated carbocycles. The second kappa shape index (κ2) is 7.59. The van der Waals surface area contributed by atoms with Gasteiger partial charge in [0.2, 0.25) is 5.88 Å². The van der Waals surface area contributed by atoms with Gasteiger partial charge in [-0.25, -0.2) is 4.79 Å². The number of aryl methyl sites for hydroxylation is 1. The summed E-state index contributed by atoms with van der Waals surface area (Å²) < 4.78 is 6.52. The molecule has 0 fully saturated rings. The number of aromatic hydroxyl groups is 1. The zero-order valence-corrected chi connectivity index (χ0v) is 13.0. The third kappa shape index (κ3) is 3.44. The first-order valence-corrected chi connectivity index (χ1v) is 7.57. The molecule has 1 aromatic heterocycles. The van der Waals surface area contributed by atoms with Crippen molar-refractivity contribution in [2.24, 2.45) is 10.2 Å². The number of azo groups is 1. The first-order chi connectivity index (χ1) is 10.7. The Morgan fingerprint density at radius 1 is 1.27 bits per heavy atom. The van der Waals surface area contributed by atoms with Crippen LogP contribution in [0.5, 0.6) is 5.88 Å². The number of nitrogens with zero attached hydrogens (tertiary/aromatic N) is 3. The van der Waals surface area contributed by atoms with Crippen molar-refractivity contribution < 1.29 is 14.6 Å². The van der Waals surface area contributed by atoms with Gasteiger partial charge >= 0.3 is 6.09 Å². The maximum atomic E-state index is 11.3. The summed E-state index contributed by atoms with van der Waals surface area (Å²) in [6.07, 6.45) is 2.41. The Kier molecular flexibility index (Phi) is 5.52. The van der Waals surface area contributed by atoms with Crippen molar-refractivity contribution in [3.8, 4) is 5.88 Å². The van der Waals surface area contributed by atoms with Crippen LogP contribution in [-0.4, -0.2) is 22.4 Å². The fraction of sp³-hybridized carbons (Fsp3) is 0.438. The van der Waals surface area contributed by atoms with E-state index in [2.05, 4.69) is 17.2 Å². The van der Waals surface area contributed by atoms with Crippen molar-refractivity contribution in [2.75, 3.05) is 6.61 Å². The zero-order chi connectivity index (χ0) is 15.9. The van der Waals surface area contributed by atoms with Crippen molar-refractivity contribution in [1.29, 1.82) is 0 Å². The number of benzene rings is 1. The predicted molar refractivity (Wildman–Crippen MR) is 84.7 cm³/mol. The normalized spacial score (nSPS) is 11.4. The summed E-state index contributed by atoms with van der Waals surface area (Å²) in [6, 6.07) is 7.54. The van der Waals surface area contributed by atoms with Crippen molar-refractivity contribution in [3.63, 3.8) is 0 Å². The molecule has 1 heterocycles. The van der Waals surface area contributed by atoms with Gasteiger partial charge in [-0.05, 0) is 19.4 Å². The van der Waals surface area contributed by atoms with Crippen molar-refractivity contribution in [1.82, 2.24) is 4.57 Å². The lowest BCUT2D eigenvalue weighted by atomic mass is 10.2. The average molecular weight is 303 g/mol. The minimum absolute atomic E-state index is 0.0327. The predicted octanol–water partition coefficient (Wildman–Crippen LogP) is 4.78. The zero-order valence-electron chi connectivity index (χ0n) is 13.0. The maximum Gasteiger partial charge on any atom is 0.452 e. The molecule has 0 aliphatic rings. The Hall–Kier alpha value is -2.37. The van der Waals surface area contributed by atoms with Gasteiger partial charge in [0.05, 0.1) is 12.1 Å². The highest BCUT2D eigenvalue weighted by Crippen LogP contribution is 2.39. The number of para-hydroxylation sites is 1. The number of amides is 1. The van der Waals surface area contributed by atoms with E-state index in [1.165, 1.54) is 0 Å². The number of ether oxygens (including phenoxy) is 1. The van der Waals surface area contributed by atoms with Crippen LogP contribution in [0.3, 0.4) is 0 Å². The van der Waals surface area contributed by atoms with Crippen LogP contribution in [0.4, 0.5) is 10.5 Å². The van der Waals surface area contributed by atoms with E-state index in [9.17, 15) is 9.90 Å². The van der Waals surface area contributed by atoms with Crippen molar-refractivity contribution >= 4 is 22.7 Å². The SMILES string of the molecule is CCCCCn1c(O)c(N=NC(=O)OCC)c2ccccc21. The van der Waals surface area contributed by atoms with Crippen LogP contribution in [-0.2, 0) is 11.3 Å². The minimum Gasteiger partial charge on any atom is -0.493 e. The summed E-state index contributed by atoms with van der Waals surface area (Å²) in [5.74, 6) is 0.0327. The Bertz CT molecular complexity index is 677. The van der Waals surface area contributed by atoms with Gasteiger partial charge in [0.25, 0.3) is 0 Å². The number of carbonyl (C=O) groups is 1. The van der Waals surface area contributed by atoms with Crippen LogP contribution >= 0.6 is 0 Å². The van der Waals surface area contributed by atoms with Gasteiger partial charge in [0, 0.05) is 11.9 Å². The van der Waals surface area contributed by atoms with E-state index in [1.54, 1.807) is 6.92 Å². The molecule has 6 heteroatoms. The van der Waals surface area contributed by atoms with E-state index < -0.39 is 6.09 Å². The summed E-state index contributed by atoms with van der Waals surface area (Å²) in [4.78, 5) is 11.3. The molecule has 0 atom stereocenters. The van der Waals surface area contributed by atoms with Gasteiger partial charge in [-0.3, -0.25) is 0 Å². The fourth-order valence-electron chi connectivity index (χ4n) is 2.36. The monoisotopic (exact) mass is 303 g/mol. The van der Waals surface area contributed by atoms with E-state index in [1.807, 2.05) is 28.8 Å². The highest BCUT2D eigenvalue weighted by atomic mass is 16.5. The lowest BCUT2D eigenvalue weighted by molar-refractivity contribution is 0.162. The summed E-state index contributed by atoms with van der Waals surface area (Å²) in [7, 11) is 0. The van der Waals surface area contributed by atoms with E-state index in [-0.39, 0.29) is 12.5 Å². The van der Waals surface area contributed by atoms with Crippen LogP contribution in [0.2, 0.25) is 0 Å². The Morgan fingerprint density at radius 3 is 2.77 bits per heavy atom. The topological polar surface area (TPSA) is 76.2 Å². The molecule has 2 rings (SSSR count). The Labute approximate surface area is 129 Å². The molecular formula is C16H21N3O3. The largest absolute Gasteiger partial charge is 0.493 e. The van der Waals surface area contributed by atoms with Gasteiger partial charge in [-0.2, -0.15) is 0 Å². The second-order valence-corrected chi connectivity index (χ2v) is 4.95. The molecule has 0 aliphatic heterocycles. The first-order valence-electron chi connectivity index (χ1n) is 7.57. The number of rotatable bonds is 6. The van der Waals surface area contributed by atoms with Crippen LogP contribution in [0.25, 0.3) is 10.9 Å². The fourth-order valence-corrected chi connectivity index (χ4v) is 2.36. The summed E-state index contributed by atoms with van der Waals surface area (Å²) in [5, 5.41) is 18.6. The molecule has 0 radical (unpaired) electrons. The number of carbonyl (C=O) groups excluding carboxylic acids is 1. The molecule has 0 spiro atoms. The molecule has 1 amide bonds. The number of hydrogen-bond acceptors (Lipinski definition) is 4. The summed E-state index contributed by atoms with van der Waals surface area (Å²) >= 11 is 0. The molecule has 1 N–H and O–H groups in total. The van der Waals surface area contributed by atoms with E-state index >= 15 is 0 Å². The molecule has 0 bridgehead atoms. The molecule has 0 aliphatic carbocycles. The summed E-state index contributed by atoms with van der Waals surface area (Å²) in [5.41, 5.74) is 1.19. The maximum absolute atomic E-state index is 11.3. The number of hydrogen-bond donors (Lipinski definition) is 1. The Balaban J connectivity index is 2.37. The van der Waals surface area contributed by atoms with Crippen LogP contribution in [0.15, 0.2) is 34.5 Å². The molecule has 22 heavy (non-hydrogen) atoms. The van der Waals surface area contributed by atoms with Crippen LogP contribution in [0.1, 0.15) is 33.1 Å². The second-order valence-electron chi connectivity index (χ2n) is 4.95. The lowest BCUT2D eigenvalue weighted by Gasteiger charge is -2.05. The molecular weight excluding hydrogens is 282 g/mol. The first kappa shape index (κ1) is 16.0. The third-order valence-electron chi connectivity index (χ3n) is 3.40. The molecule has 1 aromatic carbocycles. The quantitative estimate of drug-likeness (QED) is 0.616. The Morgan fingerprint density at radius 2 is 2.05 bits per heavy atom. The van der Waals surface area contributed by atoms with Crippen LogP contribution in [0, 0.1) is 0 Å². The molecule has 6 nitrogen and oxygen atoms in total.